The quantitative estimate of drug-likeness (QED) is 0.205. The molecule has 0 aliphatic rings. The first-order chi connectivity index (χ1) is 22.8. The predicted molar refractivity (Wildman–Crippen MR) is 186 cm³/mol. The summed E-state index contributed by atoms with van der Waals surface area (Å²) in [5.41, 5.74) is 10.4. The van der Waals surface area contributed by atoms with Crippen molar-refractivity contribution in [2.45, 2.75) is 0 Å². The summed E-state index contributed by atoms with van der Waals surface area (Å²) in [5, 5.41) is 4.48. The standard InChI is InChI=1S/C40H26N6/c1-3-9-29(10-4-1)45-31-17-35(27-21-41-25-42-22-27)34-14-8-16-40(38(34)19-31)46(30-11-5-2-6-12-30)32-18-36(28-23-43-26-44-24-28)33-13-7-15-39(45)37(33)20-32/h1-26H. The topological polar surface area (TPSA) is 61.4 Å². The van der Waals surface area contributed by atoms with Gasteiger partial charge in [-0.2, -0.15) is 0 Å². The molecule has 0 aliphatic carbocycles. The Labute approximate surface area is 264 Å². The summed E-state index contributed by atoms with van der Waals surface area (Å²) in [6.45, 7) is 0. The zero-order chi connectivity index (χ0) is 30.5. The summed E-state index contributed by atoms with van der Waals surface area (Å²) >= 11 is 0. The first-order valence-corrected chi connectivity index (χ1v) is 15.2. The molecule has 3 aromatic heterocycles. The molecule has 0 N–H and O–H groups in total. The Morgan fingerprint density at radius 3 is 1.20 bits per heavy atom. The van der Waals surface area contributed by atoms with Gasteiger partial charge in [0.1, 0.15) is 12.7 Å². The van der Waals surface area contributed by atoms with Gasteiger partial charge >= 0.3 is 0 Å². The molecule has 216 valence electrons. The summed E-state index contributed by atoms with van der Waals surface area (Å²) in [6.07, 6.45) is 10.7. The highest BCUT2D eigenvalue weighted by molar-refractivity contribution is 6.11. The van der Waals surface area contributed by atoms with Crippen molar-refractivity contribution < 1.29 is 0 Å². The van der Waals surface area contributed by atoms with Crippen LogP contribution in [0.1, 0.15) is 0 Å². The van der Waals surface area contributed by atoms with E-state index in [1.807, 2.05) is 24.8 Å². The predicted octanol–water partition coefficient (Wildman–Crippen LogP) is 9.36. The van der Waals surface area contributed by atoms with Gasteiger partial charge in [0.2, 0.25) is 0 Å². The number of para-hydroxylation sites is 2. The van der Waals surface area contributed by atoms with Gasteiger partial charge in [-0.1, -0.05) is 60.7 Å². The van der Waals surface area contributed by atoms with Gasteiger partial charge in [-0.3, -0.25) is 0 Å². The van der Waals surface area contributed by atoms with Crippen LogP contribution in [0.2, 0.25) is 0 Å². The van der Waals surface area contributed by atoms with E-state index in [2.05, 4.69) is 150 Å². The minimum atomic E-state index is 0.964. The van der Waals surface area contributed by atoms with Crippen LogP contribution in [0.3, 0.4) is 0 Å². The van der Waals surface area contributed by atoms with Gasteiger partial charge in [-0.15, -0.1) is 0 Å². The normalized spacial score (nSPS) is 11.5. The van der Waals surface area contributed by atoms with Crippen LogP contribution in [0.5, 0.6) is 0 Å². The molecule has 46 heavy (non-hydrogen) atoms. The van der Waals surface area contributed by atoms with Crippen molar-refractivity contribution in [1.29, 1.82) is 0 Å². The Bertz CT molecular complexity index is 2370. The smallest absolute Gasteiger partial charge is 0.115 e. The first kappa shape index (κ1) is 26.0. The Morgan fingerprint density at radius 2 is 0.783 bits per heavy atom. The van der Waals surface area contributed by atoms with E-state index < -0.39 is 0 Å². The van der Waals surface area contributed by atoms with Gasteiger partial charge in [0, 0.05) is 69.1 Å². The van der Waals surface area contributed by atoms with Gasteiger partial charge in [-0.05, 0) is 82.6 Å². The van der Waals surface area contributed by atoms with Crippen LogP contribution in [0.25, 0.3) is 77.2 Å². The first-order valence-electron chi connectivity index (χ1n) is 15.2. The van der Waals surface area contributed by atoms with Crippen LogP contribution in [0.15, 0.2) is 159 Å². The highest BCUT2D eigenvalue weighted by atomic mass is 15.0. The molecule has 0 unspecified atom stereocenters. The molecule has 6 heteroatoms. The number of rotatable bonds is 4. The average Bonchev–Trinajstić information content (AvgIpc) is 3.13. The average molecular weight is 591 g/mol. The molecule has 0 fully saturated rings. The fraction of sp³-hybridized carbons (Fsp3) is 0. The van der Waals surface area contributed by atoms with Crippen molar-refractivity contribution in [2.75, 3.05) is 0 Å². The van der Waals surface area contributed by atoms with Crippen molar-refractivity contribution >= 4 is 43.6 Å². The SMILES string of the molecule is c1ccc(-n2c3cc(-c4cncnc4)c4cccc(c4c3)n(-c3ccccc3)c3cc(-c4cncnc4)c4cccc2c4c3)cc1. The van der Waals surface area contributed by atoms with E-state index in [0.29, 0.717) is 0 Å². The molecule has 6 nitrogen and oxygen atoms in total. The molecular weight excluding hydrogens is 564 g/mol. The van der Waals surface area contributed by atoms with Gasteiger partial charge in [0.15, 0.2) is 0 Å². The van der Waals surface area contributed by atoms with E-state index in [-0.39, 0.29) is 0 Å². The van der Waals surface area contributed by atoms with Crippen LogP contribution >= 0.6 is 0 Å². The van der Waals surface area contributed by atoms with Crippen molar-refractivity contribution in [2.24, 2.45) is 0 Å². The Balaban J connectivity index is 1.61. The summed E-state index contributed by atoms with van der Waals surface area (Å²) in [5.74, 6) is 0. The third-order valence-corrected chi connectivity index (χ3v) is 8.69. The van der Waals surface area contributed by atoms with E-state index in [0.717, 1.165) is 77.2 Å². The largest absolute Gasteiger partial charge is 0.310 e. The summed E-state index contributed by atoms with van der Waals surface area (Å²) < 4.78 is 4.72. The van der Waals surface area contributed by atoms with Crippen LogP contribution in [0.4, 0.5) is 0 Å². The Hall–Kier alpha value is -6.40. The van der Waals surface area contributed by atoms with Gasteiger partial charge < -0.3 is 9.13 Å². The maximum Gasteiger partial charge on any atom is 0.115 e. The number of hydrogen-bond acceptors (Lipinski definition) is 4. The Morgan fingerprint density at radius 1 is 0.370 bits per heavy atom. The van der Waals surface area contributed by atoms with Crippen molar-refractivity contribution in [3.63, 3.8) is 0 Å². The van der Waals surface area contributed by atoms with E-state index in [4.69, 9.17) is 0 Å². The van der Waals surface area contributed by atoms with Gasteiger partial charge in [0.25, 0.3) is 0 Å². The zero-order valence-corrected chi connectivity index (χ0v) is 24.7. The lowest BCUT2D eigenvalue weighted by atomic mass is 9.96. The third-order valence-electron chi connectivity index (χ3n) is 8.69. The van der Waals surface area contributed by atoms with Crippen molar-refractivity contribution in [1.82, 2.24) is 29.1 Å². The van der Waals surface area contributed by atoms with Gasteiger partial charge in [-0.25, -0.2) is 19.9 Å². The second kappa shape index (κ2) is 10.6. The molecule has 0 spiro atoms. The molecule has 9 rings (SSSR count). The molecule has 0 radical (unpaired) electrons. The molecule has 0 saturated heterocycles. The van der Waals surface area contributed by atoms with E-state index in [9.17, 15) is 0 Å². The van der Waals surface area contributed by atoms with Crippen molar-refractivity contribution in [3.8, 4) is 33.6 Å². The van der Waals surface area contributed by atoms with Crippen LogP contribution < -0.4 is 0 Å². The number of nitrogens with zero attached hydrogens (tertiary/aromatic N) is 6. The summed E-state index contributed by atoms with van der Waals surface area (Å²) in [6, 6.07) is 43.4. The molecule has 4 bridgehead atoms. The highest BCUT2D eigenvalue weighted by Crippen LogP contribution is 2.38. The van der Waals surface area contributed by atoms with Crippen LogP contribution in [0, 0.1) is 0 Å². The van der Waals surface area contributed by atoms with Crippen LogP contribution in [-0.4, -0.2) is 29.1 Å². The molecule has 0 saturated carbocycles. The fourth-order valence-corrected chi connectivity index (χ4v) is 6.72. The van der Waals surface area contributed by atoms with Crippen molar-refractivity contribution in [3.05, 3.63) is 159 Å². The van der Waals surface area contributed by atoms with E-state index >= 15 is 0 Å². The van der Waals surface area contributed by atoms with E-state index in [1.54, 1.807) is 12.7 Å². The summed E-state index contributed by atoms with van der Waals surface area (Å²) in [7, 11) is 0. The molecule has 0 aliphatic heterocycles. The number of aromatic nitrogens is 6. The second-order valence-corrected chi connectivity index (χ2v) is 11.3. The molecule has 3 heterocycles. The molecule has 0 atom stereocenters. The maximum absolute atomic E-state index is 4.40. The lowest BCUT2D eigenvalue weighted by Crippen LogP contribution is -2.03. The lowest BCUT2D eigenvalue weighted by molar-refractivity contribution is 1.15. The summed E-state index contributed by atoms with van der Waals surface area (Å²) in [4.78, 5) is 17.6. The molecular formula is C40H26N6. The fourth-order valence-electron chi connectivity index (χ4n) is 6.72. The minimum absolute atomic E-state index is 0.964. The number of benzene rings is 6. The monoisotopic (exact) mass is 590 g/mol. The zero-order valence-electron chi connectivity index (χ0n) is 24.7. The van der Waals surface area contributed by atoms with Crippen LogP contribution in [-0.2, 0) is 0 Å². The van der Waals surface area contributed by atoms with E-state index in [1.165, 1.54) is 0 Å². The highest BCUT2D eigenvalue weighted by Gasteiger charge is 2.16. The molecule has 9 aromatic rings. The lowest BCUT2D eigenvalue weighted by Gasteiger charge is -2.20. The Kier molecular flexibility index (Phi) is 6.03. The van der Waals surface area contributed by atoms with Gasteiger partial charge in [0.05, 0.1) is 11.0 Å². The molecule has 0 amide bonds. The molecule has 6 aromatic carbocycles. The maximum atomic E-state index is 4.40. The number of hydrogen-bond donors (Lipinski definition) is 0. The minimum Gasteiger partial charge on any atom is -0.310 e. The third kappa shape index (κ3) is 4.19. The second-order valence-electron chi connectivity index (χ2n) is 11.3. The number of fused-ring (bicyclic) bond motifs is 2.